The van der Waals surface area contributed by atoms with Crippen molar-refractivity contribution >= 4 is 11.6 Å². The first-order valence-electron chi connectivity index (χ1n) is 8.38. The van der Waals surface area contributed by atoms with E-state index in [0.29, 0.717) is 19.6 Å². The summed E-state index contributed by atoms with van der Waals surface area (Å²) in [5.74, 6) is -0.373. The third kappa shape index (κ3) is 6.78. The summed E-state index contributed by atoms with van der Waals surface area (Å²) in [7, 11) is 0. The Hall–Kier alpha value is -2.51. The van der Waals surface area contributed by atoms with Gasteiger partial charge in [0.15, 0.2) is 0 Å². The molecule has 140 valence electrons. The van der Waals surface area contributed by atoms with Crippen molar-refractivity contribution in [3.8, 4) is 5.75 Å². The third-order valence-electron chi connectivity index (χ3n) is 3.75. The Labute approximate surface area is 151 Å². The fraction of sp³-hybridized carbons (Fsp3) is 0.316. The van der Waals surface area contributed by atoms with E-state index >= 15 is 0 Å². The summed E-state index contributed by atoms with van der Waals surface area (Å²) in [6.07, 6.45) is 0.791. The Kier molecular flexibility index (Phi) is 7.98. The number of para-hydroxylation sites is 2. The molecular formula is C19H23F2N3O2. The molecule has 0 fully saturated rings. The number of nitrogens with two attached hydrogens (primary N) is 1. The quantitative estimate of drug-likeness (QED) is 0.681. The van der Waals surface area contributed by atoms with Gasteiger partial charge in [-0.3, -0.25) is 9.69 Å². The van der Waals surface area contributed by atoms with Crippen LogP contribution in [0.4, 0.5) is 14.5 Å². The number of amides is 1. The van der Waals surface area contributed by atoms with Gasteiger partial charge in [0.1, 0.15) is 5.75 Å². The predicted octanol–water partition coefficient (Wildman–Crippen LogP) is 2.73. The van der Waals surface area contributed by atoms with Gasteiger partial charge in [0.25, 0.3) is 0 Å². The molecule has 26 heavy (non-hydrogen) atoms. The van der Waals surface area contributed by atoms with Gasteiger partial charge < -0.3 is 15.8 Å². The summed E-state index contributed by atoms with van der Waals surface area (Å²) < 4.78 is 29.3. The lowest BCUT2D eigenvalue weighted by molar-refractivity contribution is -0.117. The van der Waals surface area contributed by atoms with Crippen molar-refractivity contribution in [2.24, 2.45) is 5.73 Å². The maximum absolute atomic E-state index is 12.5. The minimum atomic E-state index is -2.95. The van der Waals surface area contributed by atoms with Gasteiger partial charge in [-0.1, -0.05) is 42.5 Å². The van der Waals surface area contributed by atoms with E-state index in [4.69, 9.17) is 5.73 Å². The molecular weight excluding hydrogens is 340 g/mol. The van der Waals surface area contributed by atoms with Crippen LogP contribution in [0.2, 0.25) is 0 Å². The van der Waals surface area contributed by atoms with Crippen LogP contribution in [-0.4, -0.2) is 43.6 Å². The number of benzene rings is 2. The maximum atomic E-state index is 12.5. The molecule has 0 saturated heterocycles. The first-order chi connectivity index (χ1) is 12.6. The van der Waals surface area contributed by atoms with E-state index in [-0.39, 0.29) is 23.9 Å². The van der Waals surface area contributed by atoms with E-state index in [1.807, 2.05) is 35.2 Å². The van der Waals surface area contributed by atoms with Crippen LogP contribution in [-0.2, 0) is 11.2 Å². The SMILES string of the molecule is NCCN(CCc1ccccc1)CC(=O)Nc1ccccc1OC(F)F. The summed E-state index contributed by atoms with van der Waals surface area (Å²) in [5.41, 5.74) is 7.02. The highest BCUT2D eigenvalue weighted by Gasteiger charge is 2.14. The van der Waals surface area contributed by atoms with Crippen molar-refractivity contribution in [2.45, 2.75) is 13.0 Å². The molecule has 0 bridgehead atoms. The van der Waals surface area contributed by atoms with E-state index < -0.39 is 6.61 Å². The Bertz CT molecular complexity index is 683. The fourth-order valence-electron chi connectivity index (χ4n) is 2.55. The zero-order valence-electron chi connectivity index (χ0n) is 14.4. The molecule has 2 aromatic rings. The van der Waals surface area contributed by atoms with E-state index in [0.717, 1.165) is 6.42 Å². The number of nitrogens with zero attached hydrogens (tertiary/aromatic N) is 1. The lowest BCUT2D eigenvalue weighted by Crippen LogP contribution is -2.38. The largest absolute Gasteiger partial charge is 0.433 e. The van der Waals surface area contributed by atoms with Crippen LogP contribution in [0.1, 0.15) is 5.56 Å². The molecule has 0 aliphatic heterocycles. The molecule has 0 unspecified atom stereocenters. The van der Waals surface area contributed by atoms with E-state index in [9.17, 15) is 13.6 Å². The van der Waals surface area contributed by atoms with Crippen LogP contribution in [0, 0.1) is 0 Å². The summed E-state index contributed by atoms with van der Waals surface area (Å²) in [6.45, 7) is -1.17. The monoisotopic (exact) mass is 363 g/mol. The molecule has 0 aromatic heterocycles. The van der Waals surface area contributed by atoms with Gasteiger partial charge in [0.2, 0.25) is 5.91 Å². The van der Waals surface area contributed by atoms with Gasteiger partial charge in [-0.05, 0) is 24.1 Å². The number of anilines is 1. The molecule has 0 atom stereocenters. The zero-order valence-corrected chi connectivity index (χ0v) is 14.4. The number of ether oxygens (including phenoxy) is 1. The van der Waals surface area contributed by atoms with Crippen molar-refractivity contribution < 1.29 is 18.3 Å². The van der Waals surface area contributed by atoms with Crippen LogP contribution in [0.15, 0.2) is 54.6 Å². The standard InChI is InChI=1S/C19H23F2N3O2/c20-19(21)26-17-9-5-4-8-16(17)23-18(25)14-24(13-11-22)12-10-15-6-2-1-3-7-15/h1-9,19H,10-14,22H2,(H,23,25). The summed E-state index contributed by atoms with van der Waals surface area (Å²) in [5, 5.41) is 2.62. The highest BCUT2D eigenvalue weighted by Crippen LogP contribution is 2.25. The average molecular weight is 363 g/mol. The van der Waals surface area contributed by atoms with Gasteiger partial charge in [-0.25, -0.2) is 0 Å². The number of carbonyl (C=O) groups excluding carboxylic acids is 1. The second-order valence-corrected chi connectivity index (χ2v) is 5.72. The highest BCUT2D eigenvalue weighted by molar-refractivity contribution is 5.93. The normalized spacial score (nSPS) is 11.0. The molecule has 0 saturated carbocycles. The number of nitrogens with one attached hydrogen (secondary N) is 1. The van der Waals surface area contributed by atoms with E-state index in [1.54, 1.807) is 12.1 Å². The Morgan fingerprint density at radius 3 is 2.46 bits per heavy atom. The number of hydrogen-bond acceptors (Lipinski definition) is 4. The second kappa shape index (κ2) is 10.5. The smallest absolute Gasteiger partial charge is 0.387 e. The van der Waals surface area contributed by atoms with Gasteiger partial charge in [0.05, 0.1) is 12.2 Å². The molecule has 3 N–H and O–H groups in total. The molecule has 7 heteroatoms. The number of rotatable bonds is 10. The minimum absolute atomic E-state index is 0.0643. The maximum Gasteiger partial charge on any atom is 0.387 e. The van der Waals surface area contributed by atoms with Crippen LogP contribution >= 0.6 is 0 Å². The fourth-order valence-corrected chi connectivity index (χ4v) is 2.55. The first-order valence-corrected chi connectivity index (χ1v) is 8.38. The van der Waals surface area contributed by atoms with Crippen molar-refractivity contribution in [2.75, 3.05) is 31.5 Å². The molecule has 2 rings (SSSR count). The molecule has 0 aliphatic rings. The van der Waals surface area contributed by atoms with Crippen LogP contribution in [0.5, 0.6) is 5.75 Å². The lowest BCUT2D eigenvalue weighted by atomic mass is 10.1. The highest BCUT2D eigenvalue weighted by atomic mass is 19.3. The molecule has 1 amide bonds. The number of halogens is 2. The van der Waals surface area contributed by atoms with Crippen molar-refractivity contribution in [1.29, 1.82) is 0 Å². The summed E-state index contributed by atoms with van der Waals surface area (Å²) in [6, 6.07) is 16.0. The van der Waals surface area contributed by atoms with Crippen LogP contribution < -0.4 is 15.8 Å². The Morgan fingerprint density at radius 1 is 1.08 bits per heavy atom. The Balaban J connectivity index is 1.93. The average Bonchev–Trinajstić information content (AvgIpc) is 2.62. The molecule has 0 spiro atoms. The summed E-state index contributed by atoms with van der Waals surface area (Å²) in [4.78, 5) is 14.2. The lowest BCUT2D eigenvalue weighted by Gasteiger charge is -2.21. The van der Waals surface area contributed by atoms with Gasteiger partial charge in [-0.2, -0.15) is 8.78 Å². The van der Waals surface area contributed by atoms with E-state index in [2.05, 4.69) is 10.1 Å². The molecule has 0 heterocycles. The van der Waals surface area contributed by atoms with Crippen molar-refractivity contribution in [3.63, 3.8) is 0 Å². The number of alkyl halides is 2. The minimum Gasteiger partial charge on any atom is -0.433 e. The van der Waals surface area contributed by atoms with Gasteiger partial charge in [-0.15, -0.1) is 0 Å². The molecule has 2 aromatic carbocycles. The van der Waals surface area contributed by atoms with Gasteiger partial charge >= 0.3 is 6.61 Å². The summed E-state index contributed by atoms with van der Waals surface area (Å²) >= 11 is 0. The first kappa shape index (κ1) is 19.8. The van der Waals surface area contributed by atoms with Crippen LogP contribution in [0.3, 0.4) is 0 Å². The van der Waals surface area contributed by atoms with Crippen LogP contribution in [0.25, 0.3) is 0 Å². The third-order valence-corrected chi connectivity index (χ3v) is 3.75. The topological polar surface area (TPSA) is 67.6 Å². The van der Waals surface area contributed by atoms with Gasteiger partial charge in [0, 0.05) is 19.6 Å². The molecule has 0 aliphatic carbocycles. The number of hydrogen-bond donors (Lipinski definition) is 2. The second-order valence-electron chi connectivity index (χ2n) is 5.72. The molecule has 5 nitrogen and oxygen atoms in total. The van der Waals surface area contributed by atoms with Crippen molar-refractivity contribution in [3.05, 3.63) is 60.2 Å². The van der Waals surface area contributed by atoms with E-state index in [1.165, 1.54) is 17.7 Å². The predicted molar refractivity (Wildman–Crippen MR) is 97.3 cm³/mol. The van der Waals surface area contributed by atoms with Crippen molar-refractivity contribution in [1.82, 2.24) is 4.90 Å². The number of carbonyl (C=O) groups is 1. The molecule has 0 radical (unpaired) electrons. The zero-order chi connectivity index (χ0) is 18.8. The Morgan fingerprint density at radius 2 is 1.77 bits per heavy atom.